The van der Waals surface area contributed by atoms with Crippen LogP contribution >= 0.6 is 0 Å². The first kappa shape index (κ1) is 29.7. The van der Waals surface area contributed by atoms with Crippen LogP contribution in [-0.2, 0) is 24.0 Å². The second-order valence-electron chi connectivity index (χ2n) is 8.21. The zero-order valence-electron chi connectivity index (χ0n) is 20.2. The molecule has 2 aliphatic heterocycles. The number of aliphatic hydroxyl groups excluding tert-OH is 1. The SMILES string of the molecule is NCC1NC(=O)C(CO)NC(=O)C(N)CNC(=O)C(C2CCN=C(N)N2)NC(=O)/C(=C/NC(N)=O)NC1=O. The Kier molecular flexibility index (Phi) is 10.7. The van der Waals surface area contributed by atoms with Crippen LogP contribution in [0.15, 0.2) is 16.9 Å². The summed E-state index contributed by atoms with van der Waals surface area (Å²) in [5.41, 5.74) is 21.6. The van der Waals surface area contributed by atoms with Crippen LogP contribution in [-0.4, -0.2) is 103 Å². The lowest BCUT2D eigenvalue weighted by Gasteiger charge is -2.31. The van der Waals surface area contributed by atoms with Crippen LogP contribution in [0.25, 0.3) is 0 Å². The van der Waals surface area contributed by atoms with E-state index in [1.165, 1.54) is 0 Å². The van der Waals surface area contributed by atoms with Crippen LogP contribution in [0.5, 0.6) is 0 Å². The third-order valence-electron chi connectivity index (χ3n) is 5.41. The van der Waals surface area contributed by atoms with E-state index in [2.05, 4.69) is 36.9 Å². The van der Waals surface area contributed by atoms with Crippen molar-refractivity contribution < 1.29 is 33.9 Å². The molecule has 1 fully saturated rings. The summed E-state index contributed by atoms with van der Waals surface area (Å²) in [6, 6.07) is -7.50. The molecule has 0 aliphatic carbocycles. The van der Waals surface area contributed by atoms with Crippen molar-refractivity contribution in [1.29, 1.82) is 0 Å². The van der Waals surface area contributed by atoms with Crippen molar-refractivity contribution >= 4 is 41.5 Å². The standard InChI is InChI=1S/C19H32N12O7/c20-3-9-14(34)28-10(5-26-19(23)38)15(35)31-12(8-1-2-24-18(22)30-8)17(37)25-4-7(21)13(33)29-11(6-32)16(36)27-9/h5,7-9,11-12,32H,1-4,6,20-21H2,(H,25,37)(H,27,36)(H,28,34)(H,29,33)(H,31,35)(H3,22,24,30)(H3,23,26,38)/b10-5-. The van der Waals surface area contributed by atoms with Gasteiger partial charge in [-0.2, -0.15) is 0 Å². The summed E-state index contributed by atoms with van der Waals surface area (Å²) in [7, 11) is 0. The molecule has 19 heteroatoms. The fourth-order valence-corrected chi connectivity index (χ4v) is 3.36. The number of amides is 7. The van der Waals surface area contributed by atoms with Crippen LogP contribution in [0, 0.1) is 0 Å². The Balaban J connectivity index is 2.46. The molecule has 0 bridgehead atoms. The molecule has 7 amide bonds. The van der Waals surface area contributed by atoms with Gasteiger partial charge in [0.25, 0.3) is 5.91 Å². The van der Waals surface area contributed by atoms with Gasteiger partial charge in [0.2, 0.25) is 23.6 Å². The molecule has 16 N–H and O–H groups in total. The van der Waals surface area contributed by atoms with Crippen LogP contribution in [0.3, 0.4) is 0 Å². The lowest BCUT2D eigenvalue weighted by atomic mass is 10.0. The number of nitrogens with zero attached hydrogens (tertiary/aromatic N) is 1. The van der Waals surface area contributed by atoms with Crippen molar-refractivity contribution in [3.8, 4) is 0 Å². The predicted octanol–water partition coefficient (Wildman–Crippen LogP) is -7.85. The molecule has 1 saturated heterocycles. The third-order valence-corrected chi connectivity index (χ3v) is 5.41. The fourth-order valence-electron chi connectivity index (χ4n) is 3.36. The van der Waals surface area contributed by atoms with Gasteiger partial charge in [-0.05, 0) is 6.42 Å². The zero-order valence-corrected chi connectivity index (χ0v) is 20.2. The first-order valence-electron chi connectivity index (χ1n) is 11.4. The highest BCUT2D eigenvalue weighted by atomic mass is 16.3. The molecule has 0 saturated carbocycles. The Morgan fingerprint density at radius 1 is 1.03 bits per heavy atom. The average Bonchev–Trinajstić information content (AvgIpc) is 2.88. The number of aliphatic imine (C=N–C) groups is 1. The number of guanidine groups is 1. The summed E-state index contributed by atoms with van der Waals surface area (Å²) in [6.45, 7) is -1.50. The molecule has 0 radical (unpaired) electrons. The van der Waals surface area contributed by atoms with Crippen molar-refractivity contribution in [2.24, 2.45) is 27.9 Å². The van der Waals surface area contributed by atoms with E-state index in [0.717, 1.165) is 6.20 Å². The van der Waals surface area contributed by atoms with Crippen molar-refractivity contribution in [3.63, 3.8) is 0 Å². The molecule has 2 rings (SSSR count). The van der Waals surface area contributed by atoms with E-state index in [0.29, 0.717) is 0 Å². The van der Waals surface area contributed by atoms with Gasteiger partial charge >= 0.3 is 6.03 Å². The minimum absolute atomic E-state index is 0.0163. The number of aliphatic hydroxyl groups is 1. The Morgan fingerprint density at radius 3 is 2.32 bits per heavy atom. The minimum atomic E-state index is -1.52. The van der Waals surface area contributed by atoms with Crippen LogP contribution < -0.4 is 60.2 Å². The van der Waals surface area contributed by atoms with Gasteiger partial charge in [-0.3, -0.25) is 29.0 Å². The molecule has 38 heavy (non-hydrogen) atoms. The largest absolute Gasteiger partial charge is 0.394 e. The molecular weight excluding hydrogens is 508 g/mol. The van der Waals surface area contributed by atoms with Crippen molar-refractivity contribution in [2.75, 3.05) is 26.2 Å². The normalized spacial score (nSPS) is 29.0. The molecule has 0 aromatic carbocycles. The maximum atomic E-state index is 13.1. The van der Waals surface area contributed by atoms with Crippen LogP contribution in [0.4, 0.5) is 4.79 Å². The molecule has 0 aromatic rings. The highest BCUT2D eigenvalue weighted by Crippen LogP contribution is 2.06. The van der Waals surface area contributed by atoms with Gasteiger partial charge in [-0.25, -0.2) is 4.79 Å². The predicted molar refractivity (Wildman–Crippen MR) is 130 cm³/mol. The number of hydrogen-bond donors (Lipinski definition) is 12. The summed E-state index contributed by atoms with van der Waals surface area (Å²) < 4.78 is 0. The van der Waals surface area contributed by atoms with Crippen LogP contribution in [0.1, 0.15) is 6.42 Å². The molecule has 5 unspecified atom stereocenters. The highest BCUT2D eigenvalue weighted by Gasteiger charge is 2.34. The number of rotatable bonds is 4. The smallest absolute Gasteiger partial charge is 0.316 e. The van der Waals surface area contributed by atoms with Crippen molar-refractivity contribution in [1.82, 2.24) is 37.2 Å². The second-order valence-corrected chi connectivity index (χ2v) is 8.21. The maximum absolute atomic E-state index is 13.1. The summed E-state index contributed by atoms with van der Waals surface area (Å²) >= 11 is 0. The third kappa shape index (κ3) is 8.28. The van der Waals surface area contributed by atoms with Crippen molar-refractivity contribution in [3.05, 3.63) is 11.9 Å². The molecule has 0 aromatic heterocycles. The summed E-state index contributed by atoms with van der Waals surface area (Å²) in [5, 5.41) is 25.9. The average molecular weight is 541 g/mol. The number of nitrogens with two attached hydrogens (primary N) is 4. The molecular formula is C19H32N12O7. The Bertz CT molecular complexity index is 1020. The molecule has 210 valence electrons. The summed E-state index contributed by atoms with van der Waals surface area (Å²) in [6.07, 6.45) is 1.04. The molecule has 5 atom stereocenters. The van der Waals surface area contributed by atoms with E-state index in [-0.39, 0.29) is 18.9 Å². The van der Waals surface area contributed by atoms with Gasteiger partial charge in [0.1, 0.15) is 29.9 Å². The zero-order chi connectivity index (χ0) is 28.4. The number of carbonyl (C=O) groups is 6. The van der Waals surface area contributed by atoms with E-state index in [1.807, 2.05) is 5.32 Å². The number of nitrogens with one attached hydrogen (secondary N) is 7. The first-order chi connectivity index (χ1) is 18.0. The topological polar surface area (TPSA) is 323 Å². The molecule has 19 nitrogen and oxygen atoms in total. The first-order valence-corrected chi connectivity index (χ1v) is 11.4. The van der Waals surface area contributed by atoms with Gasteiger partial charge in [-0.1, -0.05) is 0 Å². The Hall–Kier alpha value is -4.49. The number of carbonyl (C=O) groups excluding carboxylic acids is 6. The van der Waals surface area contributed by atoms with Gasteiger partial charge in [0, 0.05) is 25.8 Å². The molecule has 0 spiro atoms. The van der Waals surface area contributed by atoms with E-state index >= 15 is 0 Å². The fraction of sp³-hybridized carbons (Fsp3) is 0.526. The van der Waals surface area contributed by atoms with Gasteiger partial charge in [-0.15, -0.1) is 0 Å². The number of primary amides is 1. The number of hydrogen-bond acceptors (Lipinski definition) is 12. The lowest BCUT2D eigenvalue weighted by molar-refractivity contribution is -0.133. The Morgan fingerprint density at radius 2 is 1.71 bits per heavy atom. The Labute approximate surface area is 215 Å². The number of urea groups is 1. The summed E-state index contributed by atoms with van der Waals surface area (Å²) in [4.78, 5) is 79.2. The van der Waals surface area contributed by atoms with E-state index in [4.69, 9.17) is 22.9 Å². The van der Waals surface area contributed by atoms with E-state index in [9.17, 15) is 33.9 Å². The van der Waals surface area contributed by atoms with Gasteiger partial charge in [0.15, 0.2) is 5.96 Å². The summed E-state index contributed by atoms with van der Waals surface area (Å²) in [5.74, 6) is -4.69. The van der Waals surface area contributed by atoms with E-state index < -0.39 is 91.2 Å². The second kappa shape index (κ2) is 13.7. The van der Waals surface area contributed by atoms with Crippen molar-refractivity contribution in [2.45, 2.75) is 36.6 Å². The van der Waals surface area contributed by atoms with Gasteiger partial charge in [0.05, 0.1) is 12.6 Å². The lowest BCUT2D eigenvalue weighted by Crippen LogP contribution is -2.64. The molecule has 2 aliphatic rings. The maximum Gasteiger partial charge on any atom is 0.316 e. The molecule has 2 heterocycles. The monoisotopic (exact) mass is 540 g/mol. The highest BCUT2D eigenvalue weighted by molar-refractivity contribution is 6.02. The van der Waals surface area contributed by atoms with Gasteiger partial charge < -0.3 is 65.3 Å². The minimum Gasteiger partial charge on any atom is -0.394 e. The quantitative estimate of drug-likeness (QED) is 0.148. The van der Waals surface area contributed by atoms with Crippen LogP contribution in [0.2, 0.25) is 0 Å². The van der Waals surface area contributed by atoms with E-state index in [1.54, 1.807) is 0 Å².